The Labute approximate surface area is 114 Å². The van der Waals surface area contributed by atoms with Gasteiger partial charge in [0.1, 0.15) is 17.3 Å². The number of aryl methyl sites for hydroxylation is 1. The van der Waals surface area contributed by atoms with E-state index in [2.05, 4.69) is 15.9 Å². The third-order valence-corrected chi connectivity index (χ3v) is 3.21. The van der Waals surface area contributed by atoms with Crippen molar-refractivity contribution >= 4 is 21.8 Å². The highest BCUT2D eigenvalue weighted by Crippen LogP contribution is 2.28. The molecule has 0 atom stereocenters. The summed E-state index contributed by atoms with van der Waals surface area (Å²) in [5.41, 5.74) is 7.19. The molecular formula is C14H13BrN2O. The molecule has 4 heteroatoms. The fourth-order valence-electron chi connectivity index (χ4n) is 1.58. The average Bonchev–Trinajstić information content (AvgIpc) is 2.32. The smallest absolute Gasteiger partial charge is 0.130 e. The number of hydrogen-bond acceptors (Lipinski definition) is 2. The first-order chi connectivity index (χ1) is 8.58. The predicted octanol–water partition coefficient (Wildman–Crippen LogP) is 3.83. The van der Waals surface area contributed by atoms with Gasteiger partial charge >= 0.3 is 0 Å². The number of halogens is 1. The number of amidine groups is 1. The number of benzene rings is 2. The molecule has 0 bridgehead atoms. The Balaban J connectivity index is 2.29. The van der Waals surface area contributed by atoms with Crippen LogP contribution in [0.25, 0.3) is 0 Å². The highest BCUT2D eigenvalue weighted by Gasteiger charge is 2.06. The van der Waals surface area contributed by atoms with Gasteiger partial charge in [-0.1, -0.05) is 18.2 Å². The Morgan fingerprint density at radius 2 is 1.94 bits per heavy atom. The van der Waals surface area contributed by atoms with Crippen molar-refractivity contribution in [3.05, 3.63) is 58.1 Å². The highest BCUT2D eigenvalue weighted by molar-refractivity contribution is 9.10. The lowest BCUT2D eigenvalue weighted by Gasteiger charge is -2.10. The van der Waals surface area contributed by atoms with Crippen LogP contribution in [0.5, 0.6) is 11.5 Å². The van der Waals surface area contributed by atoms with E-state index in [1.165, 1.54) is 0 Å². The minimum atomic E-state index is 0.0318. The van der Waals surface area contributed by atoms with Crippen LogP contribution in [0.15, 0.2) is 46.9 Å². The number of nitrogens with two attached hydrogens (primary N) is 1. The SMILES string of the molecule is Cc1ccccc1Oc1ccc(C(=N)N)c(Br)c1. The average molecular weight is 305 g/mol. The molecule has 0 aliphatic carbocycles. The molecule has 0 amide bonds. The second-order valence-corrected chi connectivity index (χ2v) is 4.78. The van der Waals surface area contributed by atoms with Crippen molar-refractivity contribution in [1.82, 2.24) is 0 Å². The number of hydrogen-bond donors (Lipinski definition) is 2. The van der Waals surface area contributed by atoms with Crippen LogP contribution < -0.4 is 10.5 Å². The minimum absolute atomic E-state index is 0.0318. The molecule has 0 fully saturated rings. The van der Waals surface area contributed by atoms with E-state index in [1.54, 1.807) is 12.1 Å². The molecule has 92 valence electrons. The van der Waals surface area contributed by atoms with Crippen molar-refractivity contribution in [1.29, 1.82) is 5.41 Å². The van der Waals surface area contributed by atoms with Crippen LogP contribution in [0.4, 0.5) is 0 Å². The van der Waals surface area contributed by atoms with Gasteiger partial charge in [-0.3, -0.25) is 5.41 Å². The van der Waals surface area contributed by atoms with Crippen LogP contribution >= 0.6 is 15.9 Å². The van der Waals surface area contributed by atoms with Gasteiger partial charge in [0.05, 0.1) is 0 Å². The summed E-state index contributed by atoms with van der Waals surface area (Å²) in [6.45, 7) is 1.99. The van der Waals surface area contributed by atoms with Crippen LogP contribution in [-0.4, -0.2) is 5.84 Å². The Morgan fingerprint density at radius 1 is 1.22 bits per heavy atom. The van der Waals surface area contributed by atoms with Gasteiger partial charge in [0.2, 0.25) is 0 Å². The zero-order valence-corrected chi connectivity index (χ0v) is 11.5. The Bertz CT molecular complexity index is 596. The van der Waals surface area contributed by atoms with Crippen molar-refractivity contribution < 1.29 is 4.74 Å². The van der Waals surface area contributed by atoms with Crippen molar-refractivity contribution in [3.63, 3.8) is 0 Å². The summed E-state index contributed by atoms with van der Waals surface area (Å²) in [6, 6.07) is 13.2. The van der Waals surface area contributed by atoms with Crippen molar-refractivity contribution in [3.8, 4) is 11.5 Å². The third-order valence-electron chi connectivity index (χ3n) is 2.55. The van der Waals surface area contributed by atoms with Crippen molar-refractivity contribution in [2.75, 3.05) is 0 Å². The summed E-state index contributed by atoms with van der Waals surface area (Å²) in [7, 11) is 0. The maximum Gasteiger partial charge on any atom is 0.130 e. The van der Waals surface area contributed by atoms with E-state index in [-0.39, 0.29) is 5.84 Å². The molecule has 2 rings (SSSR count). The number of nitrogens with one attached hydrogen (secondary N) is 1. The fourth-order valence-corrected chi connectivity index (χ4v) is 2.15. The molecule has 18 heavy (non-hydrogen) atoms. The van der Waals surface area contributed by atoms with Crippen molar-refractivity contribution in [2.24, 2.45) is 5.73 Å². The Morgan fingerprint density at radius 3 is 2.56 bits per heavy atom. The van der Waals surface area contributed by atoms with Crippen LogP contribution in [-0.2, 0) is 0 Å². The molecule has 0 radical (unpaired) electrons. The van der Waals surface area contributed by atoms with Gasteiger partial charge < -0.3 is 10.5 Å². The molecule has 2 aromatic carbocycles. The van der Waals surface area contributed by atoms with E-state index in [1.807, 2.05) is 37.3 Å². The molecule has 0 spiro atoms. The normalized spacial score (nSPS) is 10.1. The lowest BCUT2D eigenvalue weighted by Crippen LogP contribution is -2.11. The fraction of sp³-hybridized carbons (Fsp3) is 0.0714. The lowest BCUT2D eigenvalue weighted by molar-refractivity contribution is 0.478. The Hall–Kier alpha value is -1.81. The van der Waals surface area contributed by atoms with Gasteiger partial charge in [-0.25, -0.2) is 0 Å². The monoisotopic (exact) mass is 304 g/mol. The molecule has 0 aromatic heterocycles. The zero-order valence-electron chi connectivity index (χ0n) is 9.91. The highest BCUT2D eigenvalue weighted by atomic mass is 79.9. The van der Waals surface area contributed by atoms with Crippen LogP contribution in [0.1, 0.15) is 11.1 Å². The molecule has 0 heterocycles. The number of ether oxygens (including phenoxy) is 1. The summed E-state index contributed by atoms with van der Waals surface area (Å²) in [5, 5.41) is 7.41. The van der Waals surface area contributed by atoms with E-state index in [0.717, 1.165) is 15.8 Å². The van der Waals surface area contributed by atoms with Gasteiger partial charge in [0.15, 0.2) is 0 Å². The maximum atomic E-state index is 7.41. The molecule has 2 aromatic rings. The largest absolute Gasteiger partial charge is 0.457 e. The van der Waals surface area contributed by atoms with Crippen LogP contribution in [0.3, 0.4) is 0 Å². The molecule has 0 unspecified atom stereocenters. The molecule has 0 aliphatic rings. The summed E-state index contributed by atoms with van der Waals surface area (Å²) in [4.78, 5) is 0. The van der Waals surface area contributed by atoms with Gasteiger partial charge in [-0.15, -0.1) is 0 Å². The number of rotatable bonds is 3. The van der Waals surface area contributed by atoms with Crippen molar-refractivity contribution in [2.45, 2.75) is 6.92 Å². The zero-order chi connectivity index (χ0) is 13.1. The molecule has 0 saturated heterocycles. The molecular weight excluding hydrogens is 292 g/mol. The van der Waals surface area contributed by atoms with E-state index in [4.69, 9.17) is 15.9 Å². The second kappa shape index (κ2) is 5.23. The predicted molar refractivity (Wildman–Crippen MR) is 76.4 cm³/mol. The number of para-hydroxylation sites is 1. The summed E-state index contributed by atoms with van der Waals surface area (Å²) in [5.74, 6) is 1.56. The molecule has 3 nitrogen and oxygen atoms in total. The maximum absolute atomic E-state index is 7.41. The van der Waals surface area contributed by atoms with Gasteiger partial charge in [0, 0.05) is 10.0 Å². The number of nitrogen functional groups attached to an aromatic ring is 1. The first kappa shape index (κ1) is 12.6. The van der Waals surface area contributed by atoms with Gasteiger partial charge in [0.25, 0.3) is 0 Å². The molecule has 0 aliphatic heterocycles. The van der Waals surface area contributed by atoms with E-state index in [0.29, 0.717) is 11.3 Å². The Kier molecular flexibility index (Phi) is 3.67. The molecule has 0 saturated carbocycles. The summed E-state index contributed by atoms with van der Waals surface area (Å²) in [6.07, 6.45) is 0. The van der Waals surface area contributed by atoms with E-state index >= 15 is 0 Å². The quantitative estimate of drug-likeness (QED) is 0.668. The standard InChI is InChI=1S/C14H13BrN2O/c1-9-4-2-3-5-13(9)18-10-6-7-11(14(16)17)12(15)8-10/h2-8H,1H3,(H3,16,17). The first-order valence-electron chi connectivity index (χ1n) is 5.45. The van der Waals surface area contributed by atoms with E-state index in [9.17, 15) is 0 Å². The van der Waals surface area contributed by atoms with Crippen LogP contribution in [0, 0.1) is 12.3 Å². The first-order valence-corrected chi connectivity index (χ1v) is 6.24. The van der Waals surface area contributed by atoms with Gasteiger partial charge in [-0.2, -0.15) is 0 Å². The lowest BCUT2D eigenvalue weighted by atomic mass is 10.2. The minimum Gasteiger partial charge on any atom is -0.457 e. The van der Waals surface area contributed by atoms with Gasteiger partial charge in [-0.05, 0) is 52.7 Å². The van der Waals surface area contributed by atoms with E-state index < -0.39 is 0 Å². The molecule has 3 N–H and O–H groups in total. The summed E-state index contributed by atoms with van der Waals surface area (Å²) < 4.78 is 6.53. The topological polar surface area (TPSA) is 59.1 Å². The second-order valence-electron chi connectivity index (χ2n) is 3.92. The van der Waals surface area contributed by atoms with Crippen LogP contribution in [0.2, 0.25) is 0 Å². The summed E-state index contributed by atoms with van der Waals surface area (Å²) >= 11 is 3.38. The third kappa shape index (κ3) is 2.71.